The zero-order chi connectivity index (χ0) is 13.4. The molecule has 0 radical (unpaired) electrons. The fraction of sp³-hybridized carbons (Fsp3) is 0.429. The number of methoxy groups -OCH3 is 1. The van der Waals surface area contributed by atoms with E-state index in [0.717, 1.165) is 41.9 Å². The van der Waals surface area contributed by atoms with Gasteiger partial charge in [-0.25, -0.2) is 0 Å². The van der Waals surface area contributed by atoms with Crippen molar-refractivity contribution in [2.75, 3.05) is 30.5 Å². The number of hydrogen-bond donors (Lipinski definition) is 1. The van der Waals surface area contributed by atoms with Gasteiger partial charge in [-0.1, -0.05) is 0 Å². The number of carbonyl (C=O) groups is 2. The second-order valence-electron chi connectivity index (χ2n) is 4.92. The fourth-order valence-electron chi connectivity index (χ4n) is 2.86. The molecule has 19 heavy (non-hydrogen) atoms. The number of ether oxygens (including phenoxy) is 1. The van der Waals surface area contributed by atoms with E-state index in [0.29, 0.717) is 6.42 Å². The first kappa shape index (κ1) is 12.2. The normalized spacial score (nSPS) is 16.5. The van der Waals surface area contributed by atoms with Crippen LogP contribution < -0.4 is 10.2 Å². The third-order valence-electron chi connectivity index (χ3n) is 3.61. The number of rotatable bonds is 3. The Kier molecular flexibility index (Phi) is 2.98. The van der Waals surface area contributed by atoms with Crippen LogP contribution in [0.2, 0.25) is 0 Å². The molecule has 0 bridgehead atoms. The molecule has 1 aromatic rings. The molecule has 0 atom stereocenters. The second kappa shape index (κ2) is 4.66. The van der Waals surface area contributed by atoms with E-state index in [1.54, 1.807) is 0 Å². The Bertz CT molecular complexity index is 554. The van der Waals surface area contributed by atoms with Gasteiger partial charge in [0.1, 0.15) is 6.61 Å². The van der Waals surface area contributed by atoms with E-state index in [2.05, 4.69) is 5.32 Å². The molecule has 3 rings (SSSR count). The van der Waals surface area contributed by atoms with Crippen molar-refractivity contribution in [1.82, 2.24) is 0 Å². The Balaban J connectivity index is 1.91. The van der Waals surface area contributed by atoms with Crippen LogP contribution in [0.25, 0.3) is 0 Å². The molecule has 100 valence electrons. The van der Waals surface area contributed by atoms with Gasteiger partial charge in [0.05, 0.1) is 5.69 Å². The monoisotopic (exact) mass is 260 g/mol. The summed E-state index contributed by atoms with van der Waals surface area (Å²) in [5.41, 5.74) is 4.17. The van der Waals surface area contributed by atoms with Gasteiger partial charge in [0.15, 0.2) is 0 Å². The lowest BCUT2D eigenvalue weighted by Crippen LogP contribution is -2.32. The Morgan fingerprint density at radius 3 is 2.79 bits per heavy atom. The molecule has 2 aliphatic rings. The largest absolute Gasteiger partial charge is 0.375 e. The van der Waals surface area contributed by atoms with Crippen LogP contribution in [0.5, 0.6) is 0 Å². The molecule has 5 heteroatoms. The van der Waals surface area contributed by atoms with E-state index in [-0.39, 0.29) is 18.4 Å². The van der Waals surface area contributed by atoms with E-state index in [1.165, 1.54) is 7.11 Å². The fourth-order valence-corrected chi connectivity index (χ4v) is 2.86. The molecule has 2 heterocycles. The average molecular weight is 260 g/mol. The summed E-state index contributed by atoms with van der Waals surface area (Å²) in [7, 11) is 1.50. The van der Waals surface area contributed by atoms with Gasteiger partial charge in [-0.15, -0.1) is 0 Å². The highest BCUT2D eigenvalue weighted by Gasteiger charge is 2.31. The van der Waals surface area contributed by atoms with Crippen molar-refractivity contribution in [3.8, 4) is 0 Å². The minimum atomic E-state index is -0.156. The molecule has 0 saturated heterocycles. The molecule has 0 aromatic heterocycles. The van der Waals surface area contributed by atoms with Gasteiger partial charge in [-0.05, 0) is 36.1 Å². The predicted molar refractivity (Wildman–Crippen MR) is 71.3 cm³/mol. The highest BCUT2D eigenvalue weighted by molar-refractivity contribution is 6.00. The van der Waals surface area contributed by atoms with Crippen LogP contribution >= 0.6 is 0 Å². The molecule has 5 nitrogen and oxygen atoms in total. The summed E-state index contributed by atoms with van der Waals surface area (Å²) in [5.74, 6) is 0.0545. The van der Waals surface area contributed by atoms with Crippen molar-refractivity contribution < 1.29 is 14.3 Å². The first-order valence-electron chi connectivity index (χ1n) is 6.44. The number of aryl methyl sites for hydroxylation is 1. The summed E-state index contributed by atoms with van der Waals surface area (Å²) in [6.45, 7) is 0.813. The van der Waals surface area contributed by atoms with Crippen molar-refractivity contribution in [3.05, 3.63) is 23.3 Å². The van der Waals surface area contributed by atoms with Crippen molar-refractivity contribution >= 4 is 23.2 Å². The van der Waals surface area contributed by atoms with Gasteiger partial charge in [0.25, 0.3) is 0 Å². The van der Waals surface area contributed by atoms with Crippen LogP contribution in [-0.2, 0) is 27.2 Å². The first-order valence-corrected chi connectivity index (χ1v) is 6.44. The van der Waals surface area contributed by atoms with Crippen molar-refractivity contribution in [2.45, 2.75) is 19.3 Å². The maximum absolute atomic E-state index is 11.8. The van der Waals surface area contributed by atoms with Crippen molar-refractivity contribution in [3.63, 3.8) is 0 Å². The van der Waals surface area contributed by atoms with Gasteiger partial charge in [0.2, 0.25) is 11.8 Å². The molecule has 1 N–H and O–H groups in total. The second-order valence-corrected chi connectivity index (χ2v) is 4.92. The molecule has 0 spiro atoms. The summed E-state index contributed by atoms with van der Waals surface area (Å²) in [6, 6.07) is 3.93. The lowest BCUT2D eigenvalue weighted by atomic mass is 9.98. The Labute approximate surface area is 111 Å². The first-order chi connectivity index (χ1) is 9.19. The lowest BCUT2D eigenvalue weighted by Gasteiger charge is -2.25. The van der Waals surface area contributed by atoms with Crippen molar-refractivity contribution in [2.24, 2.45) is 0 Å². The Morgan fingerprint density at radius 1 is 1.32 bits per heavy atom. The highest BCUT2D eigenvalue weighted by atomic mass is 16.5. The molecule has 2 aliphatic heterocycles. The summed E-state index contributed by atoms with van der Waals surface area (Å²) in [5, 5.41) is 2.83. The number of nitrogens with zero attached hydrogens (tertiary/aromatic N) is 1. The molecule has 0 fully saturated rings. The molecule has 0 aliphatic carbocycles. The SMILES string of the molecule is COCC(=O)Nc1cc2c3c(c1)CCN3C(=O)CC2. The van der Waals surface area contributed by atoms with Gasteiger partial charge in [-0.2, -0.15) is 0 Å². The number of hydrogen-bond acceptors (Lipinski definition) is 3. The maximum Gasteiger partial charge on any atom is 0.250 e. The third kappa shape index (κ3) is 2.10. The van der Waals surface area contributed by atoms with Gasteiger partial charge in [0, 0.05) is 25.8 Å². The topological polar surface area (TPSA) is 58.6 Å². The molecule has 2 amide bonds. The van der Waals surface area contributed by atoms with Gasteiger partial charge >= 0.3 is 0 Å². The van der Waals surface area contributed by atoms with Crippen LogP contribution in [0, 0.1) is 0 Å². The standard InChI is InChI=1S/C14H16N2O3/c1-19-8-12(17)15-11-6-9-2-3-13(18)16-5-4-10(7-11)14(9)16/h6-7H,2-5,8H2,1H3,(H,15,17). The Hall–Kier alpha value is -1.88. The lowest BCUT2D eigenvalue weighted by molar-refractivity contribution is -0.120. The average Bonchev–Trinajstić information content (AvgIpc) is 2.79. The van der Waals surface area contributed by atoms with E-state index in [9.17, 15) is 9.59 Å². The van der Waals surface area contributed by atoms with Crippen molar-refractivity contribution in [1.29, 1.82) is 0 Å². The van der Waals surface area contributed by atoms with Crippen LogP contribution in [0.4, 0.5) is 11.4 Å². The number of benzene rings is 1. The summed E-state index contributed by atoms with van der Waals surface area (Å²) < 4.78 is 4.80. The highest BCUT2D eigenvalue weighted by Crippen LogP contribution is 2.38. The molecule has 0 saturated carbocycles. The predicted octanol–water partition coefficient (Wildman–Crippen LogP) is 1.11. The van der Waals surface area contributed by atoms with E-state index < -0.39 is 0 Å². The van der Waals surface area contributed by atoms with E-state index in [1.807, 2.05) is 17.0 Å². The molecule has 0 unspecified atom stereocenters. The maximum atomic E-state index is 11.8. The van der Waals surface area contributed by atoms with Gasteiger partial charge in [-0.3, -0.25) is 9.59 Å². The number of amides is 2. The number of carbonyl (C=O) groups excluding carboxylic acids is 2. The zero-order valence-electron chi connectivity index (χ0n) is 10.9. The van der Waals surface area contributed by atoms with E-state index in [4.69, 9.17) is 4.74 Å². The summed E-state index contributed by atoms with van der Waals surface area (Å²) in [6.07, 6.45) is 2.18. The number of anilines is 2. The van der Waals surface area contributed by atoms with E-state index >= 15 is 0 Å². The minimum Gasteiger partial charge on any atom is -0.375 e. The Morgan fingerprint density at radius 2 is 2.05 bits per heavy atom. The minimum absolute atomic E-state index is 0.0526. The third-order valence-corrected chi connectivity index (χ3v) is 3.61. The van der Waals surface area contributed by atoms with Crippen LogP contribution in [0.15, 0.2) is 12.1 Å². The molecular weight excluding hydrogens is 244 g/mol. The summed E-state index contributed by atoms with van der Waals surface area (Å²) in [4.78, 5) is 25.2. The summed E-state index contributed by atoms with van der Waals surface area (Å²) >= 11 is 0. The van der Waals surface area contributed by atoms with Crippen LogP contribution in [0.1, 0.15) is 17.5 Å². The molecule has 1 aromatic carbocycles. The van der Waals surface area contributed by atoms with Gasteiger partial charge < -0.3 is 15.0 Å². The number of nitrogens with one attached hydrogen (secondary N) is 1. The zero-order valence-corrected chi connectivity index (χ0v) is 10.9. The van der Waals surface area contributed by atoms with Crippen LogP contribution in [0.3, 0.4) is 0 Å². The molecular formula is C14H16N2O3. The van der Waals surface area contributed by atoms with Crippen LogP contribution in [-0.4, -0.2) is 32.1 Å². The quantitative estimate of drug-likeness (QED) is 0.885. The smallest absolute Gasteiger partial charge is 0.250 e.